The standard InChI is InChI=1S/C14H11ClN2O2S/c1-10-8-13(6-7-14(10)15)20(18,19)17-12-4-2-11(9-16)3-5-12/h2-8,17H,1H3. The smallest absolute Gasteiger partial charge is 0.261 e. The van der Waals surface area contributed by atoms with Crippen molar-refractivity contribution in [3.05, 3.63) is 58.6 Å². The molecule has 20 heavy (non-hydrogen) atoms. The van der Waals surface area contributed by atoms with Crippen molar-refractivity contribution in [2.45, 2.75) is 11.8 Å². The van der Waals surface area contributed by atoms with Crippen molar-refractivity contribution in [2.75, 3.05) is 4.72 Å². The zero-order chi connectivity index (χ0) is 14.8. The van der Waals surface area contributed by atoms with E-state index in [0.29, 0.717) is 21.8 Å². The maximum absolute atomic E-state index is 12.2. The molecule has 0 heterocycles. The minimum Gasteiger partial charge on any atom is -0.280 e. The summed E-state index contributed by atoms with van der Waals surface area (Å²) in [5.74, 6) is 0. The maximum atomic E-state index is 12.2. The molecule has 0 amide bonds. The third-order valence-electron chi connectivity index (χ3n) is 2.71. The van der Waals surface area contributed by atoms with Crippen LogP contribution < -0.4 is 4.72 Å². The van der Waals surface area contributed by atoms with E-state index >= 15 is 0 Å². The highest BCUT2D eigenvalue weighted by Crippen LogP contribution is 2.21. The number of benzene rings is 2. The first kappa shape index (κ1) is 14.4. The molecule has 2 aromatic carbocycles. The van der Waals surface area contributed by atoms with Gasteiger partial charge in [-0.1, -0.05) is 11.6 Å². The van der Waals surface area contributed by atoms with Crippen LogP contribution in [0.15, 0.2) is 47.4 Å². The molecule has 2 rings (SSSR count). The van der Waals surface area contributed by atoms with Crippen LogP contribution in [0.25, 0.3) is 0 Å². The van der Waals surface area contributed by atoms with Gasteiger partial charge in [-0.25, -0.2) is 8.42 Å². The topological polar surface area (TPSA) is 70.0 Å². The van der Waals surface area contributed by atoms with Gasteiger partial charge in [0.05, 0.1) is 16.5 Å². The number of anilines is 1. The third kappa shape index (κ3) is 3.10. The summed E-state index contributed by atoms with van der Waals surface area (Å²) in [6.07, 6.45) is 0. The lowest BCUT2D eigenvalue weighted by Gasteiger charge is -2.09. The Morgan fingerprint density at radius 1 is 1.15 bits per heavy atom. The summed E-state index contributed by atoms with van der Waals surface area (Å²) in [6.45, 7) is 1.74. The molecular formula is C14H11ClN2O2S. The number of hydrogen-bond donors (Lipinski definition) is 1. The summed E-state index contributed by atoms with van der Waals surface area (Å²) < 4.78 is 26.9. The summed E-state index contributed by atoms with van der Waals surface area (Å²) >= 11 is 5.88. The molecule has 0 unspecified atom stereocenters. The van der Waals surface area contributed by atoms with Gasteiger partial charge in [0.15, 0.2) is 0 Å². The van der Waals surface area contributed by atoms with Gasteiger partial charge < -0.3 is 0 Å². The van der Waals surface area contributed by atoms with Gasteiger partial charge in [0.2, 0.25) is 0 Å². The third-order valence-corrected chi connectivity index (χ3v) is 4.51. The summed E-state index contributed by atoms with van der Waals surface area (Å²) in [6, 6.07) is 12.6. The molecule has 1 N–H and O–H groups in total. The van der Waals surface area contributed by atoms with Crippen LogP contribution in [0.1, 0.15) is 11.1 Å². The second-order valence-corrected chi connectivity index (χ2v) is 6.30. The molecule has 0 aliphatic carbocycles. The zero-order valence-electron chi connectivity index (χ0n) is 10.6. The van der Waals surface area contributed by atoms with Crippen molar-refractivity contribution >= 4 is 27.3 Å². The molecule has 0 bridgehead atoms. The van der Waals surface area contributed by atoms with Crippen LogP contribution in [0.5, 0.6) is 0 Å². The van der Waals surface area contributed by atoms with Gasteiger partial charge in [-0.2, -0.15) is 5.26 Å². The van der Waals surface area contributed by atoms with Crippen LogP contribution in [0.2, 0.25) is 5.02 Å². The number of nitrogens with one attached hydrogen (secondary N) is 1. The summed E-state index contributed by atoms with van der Waals surface area (Å²) in [7, 11) is -3.66. The average molecular weight is 307 g/mol. The first-order valence-electron chi connectivity index (χ1n) is 5.71. The second kappa shape index (κ2) is 5.53. The van der Waals surface area contributed by atoms with Crippen molar-refractivity contribution < 1.29 is 8.42 Å². The molecule has 0 aliphatic heterocycles. The normalized spacial score (nSPS) is 10.8. The fourth-order valence-corrected chi connectivity index (χ4v) is 2.87. The Hall–Kier alpha value is -2.03. The quantitative estimate of drug-likeness (QED) is 0.945. The van der Waals surface area contributed by atoms with Gasteiger partial charge in [0.25, 0.3) is 10.0 Å². The Morgan fingerprint density at radius 3 is 2.35 bits per heavy atom. The predicted octanol–water partition coefficient (Wildman–Crippen LogP) is 3.32. The molecule has 102 valence electrons. The predicted molar refractivity (Wildman–Crippen MR) is 78.2 cm³/mol. The fraction of sp³-hybridized carbons (Fsp3) is 0.0714. The van der Waals surface area contributed by atoms with Crippen LogP contribution >= 0.6 is 11.6 Å². The Bertz CT molecular complexity index is 778. The van der Waals surface area contributed by atoms with Crippen LogP contribution in [0, 0.1) is 18.3 Å². The van der Waals surface area contributed by atoms with E-state index in [1.807, 2.05) is 6.07 Å². The second-order valence-electron chi connectivity index (χ2n) is 4.21. The molecule has 0 aromatic heterocycles. The van der Waals surface area contributed by atoms with Crippen molar-refractivity contribution in [3.63, 3.8) is 0 Å². The van der Waals surface area contributed by atoms with E-state index in [0.717, 1.165) is 0 Å². The number of halogens is 1. The minimum absolute atomic E-state index is 0.142. The Kier molecular flexibility index (Phi) is 3.98. The molecule has 0 saturated carbocycles. The Balaban J connectivity index is 2.30. The van der Waals surface area contributed by atoms with E-state index in [9.17, 15) is 8.42 Å². The lowest BCUT2D eigenvalue weighted by Crippen LogP contribution is -2.13. The van der Waals surface area contributed by atoms with E-state index in [4.69, 9.17) is 16.9 Å². The average Bonchev–Trinajstić information content (AvgIpc) is 2.42. The number of nitriles is 1. The molecule has 0 saturated heterocycles. The molecule has 6 heteroatoms. The van der Waals surface area contributed by atoms with Gasteiger partial charge in [0.1, 0.15) is 0 Å². The molecule has 2 aromatic rings. The van der Waals surface area contributed by atoms with Gasteiger partial charge in [-0.3, -0.25) is 4.72 Å². The largest absolute Gasteiger partial charge is 0.280 e. The number of rotatable bonds is 3. The minimum atomic E-state index is -3.66. The molecule has 0 aliphatic rings. The molecule has 0 spiro atoms. The summed E-state index contributed by atoms with van der Waals surface area (Å²) in [4.78, 5) is 0.142. The molecule has 0 radical (unpaired) electrons. The lowest BCUT2D eigenvalue weighted by molar-refractivity contribution is 0.601. The number of sulfonamides is 1. The van der Waals surface area contributed by atoms with Crippen LogP contribution in [-0.2, 0) is 10.0 Å². The van der Waals surface area contributed by atoms with Gasteiger partial charge in [0, 0.05) is 10.7 Å². The Labute approximate surface area is 122 Å². The SMILES string of the molecule is Cc1cc(S(=O)(=O)Nc2ccc(C#N)cc2)ccc1Cl. The lowest BCUT2D eigenvalue weighted by atomic mass is 10.2. The molecule has 4 nitrogen and oxygen atoms in total. The summed E-state index contributed by atoms with van der Waals surface area (Å²) in [5, 5.41) is 9.21. The van der Waals surface area contributed by atoms with Crippen LogP contribution in [0.4, 0.5) is 5.69 Å². The van der Waals surface area contributed by atoms with Crippen molar-refractivity contribution in [3.8, 4) is 6.07 Å². The molecular weight excluding hydrogens is 296 g/mol. The van der Waals surface area contributed by atoms with E-state index in [1.54, 1.807) is 37.3 Å². The van der Waals surface area contributed by atoms with Crippen LogP contribution in [0.3, 0.4) is 0 Å². The first-order valence-corrected chi connectivity index (χ1v) is 7.57. The monoisotopic (exact) mass is 306 g/mol. The Morgan fingerprint density at radius 2 is 1.80 bits per heavy atom. The van der Waals surface area contributed by atoms with Crippen molar-refractivity contribution in [1.29, 1.82) is 5.26 Å². The van der Waals surface area contributed by atoms with E-state index < -0.39 is 10.0 Å². The molecule has 0 fully saturated rings. The first-order chi connectivity index (χ1) is 9.42. The maximum Gasteiger partial charge on any atom is 0.261 e. The molecule has 0 atom stereocenters. The van der Waals surface area contributed by atoms with Crippen molar-refractivity contribution in [2.24, 2.45) is 0 Å². The highest BCUT2D eigenvalue weighted by Gasteiger charge is 2.15. The van der Waals surface area contributed by atoms with Crippen molar-refractivity contribution in [1.82, 2.24) is 0 Å². The van der Waals surface area contributed by atoms with E-state index in [-0.39, 0.29) is 4.90 Å². The highest BCUT2D eigenvalue weighted by molar-refractivity contribution is 7.92. The van der Waals surface area contributed by atoms with Crippen LogP contribution in [-0.4, -0.2) is 8.42 Å². The van der Waals surface area contributed by atoms with Gasteiger partial charge in [-0.15, -0.1) is 0 Å². The van der Waals surface area contributed by atoms with Gasteiger partial charge in [-0.05, 0) is 55.0 Å². The number of aryl methyl sites for hydroxylation is 1. The fourth-order valence-electron chi connectivity index (χ4n) is 1.61. The zero-order valence-corrected chi connectivity index (χ0v) is 12.2. The van der Waals surface area contributed by atoms with E-state index in [1.165, 1.54) is 12.1 Å². The number of hydrogen-bond acceptors (Lipinski definition) is 3. The number of nitrogens with zero attached hydrogens (tertiary/aromatic N) is 1. The summed E-state index contributed by atoms with van der Waals surface area (Å²) in [5.41, 5.74) is 1.56. The van der Waals surface area contributed by atoms with E-state index in [2.05, 4.69) is 4.72 Å². The van der Waals surface area contributed by atoms with Gasteiger partial charge >= 0.3 is 0 Å². The highest BCUT2D eigenvalue weighted by atomic mass is 35.5.